The van der Waals surface area contributed by atoms with E-state index in [-0.39, 0.29) is 31.2 Å². The SMILES string of the molecule is CC(C)(OC(=O)CC(CC(=O)OC(C)(C)C1CO1)C(=O)OC(C)(C)C1CO1)C1CO1. The first kappa shape index (κ1) is 23.0. The lowest BCUT2D eigenvalue weighted by molar-refractivity contribution is -0.175. The number of hydrogen-bond donors (Lipinski definition) is 0. The molecule has 3 atom stereocenters. The predicted octanol–water partition coefficient (Wildman–Crippen LogP) is 1.54. The van der Waals surface area contributed by atoms with Crippen LogP contribution in [-0.2, 0) is 42.8 Å². The molecule has 0 saturated carbocycles. The molecule has 0 radical (unpaired) electrons. The van der Waals surface area contributed by atoms with Crippen molar-refractivity contribution < 1.29 is 42.8 Å². The molecule has 0 N–H and O–H groups in total. The molecule has 3 heterocycles. The Morgan fingerprint density at radius 1 is 0.700 bits per heavy atom. The lowest BCUT2D eigenvalue weighted by Gasteiger charge is -2.28. The Hall–Kier alpha value is -1.71. The third-order valence-corrected chi connectivity index (χ3v) is 5.60. The normalized spacial score (nSPS) is 26.4. The number of hydrogen-bond acceptors (Lipinski definition) is 9. The Labute approximate surface area is 176 Å². The molecule has 3 rings (SSSR count). The van der Waals surface area contributed by atoms with Crippen molar-refractivity contribution in [1.29, 1.82) is 0 Å². The first-order chi connectivity index (χ1) is 13.8. The minimum atomic E-state index is -1.03. The van der Waals surface area contributed by atoms with Gasteiger partial charge in [-0.05, 0) is 41.5 Å². The molecule has 0 aliphatic carbocycles. The van der Waals surface area contributed by atoms with Gasteiger partial charge in [0.2, 0.25) is 0 Å². The van der Waals surface area contributed by atoms with Crippen molar-refractivity contribution in [1.82, 2.24) is 0 Å². The average molecular weight is 428 g/mol. The van der Waals surface area contributed by atoms with Crippen LogP contribution in [-0.4, -0.2) is 72.8 Å². The number of esters is 3. The van der Waals surface area contributed by atoms with E-state index in [4.69, 9.17) is 28.4 Å². The van der Waals surface area contributed by atoms with Gasteiger partial charge in [-0.1, -0.05) is 0 Å². The number of rotatable bonds is 11. The van der Waals surface area contributed by atoms with E-state index in [1.165, 1.54) is 0 Å². The van der Waals surface area contributed by atoms with Crippen LogP contribution in [0.5, 0.6) is 0 Å². The van der Waals surface area contributed by atoms with Crippen molar-refractivity contribution in [2.75, 3.05) is 19.8 Å². The van der Waals surface area contributed by atoms with Crippen molar-refractivity contribution in [2.24, 2.45) is 5.92 Å². The van der Waals surface area contributed by atoms with Crippen LogP contribution >= 0.6 is 0 Å². The van der Waals surface area contributed by atoms with Crippen LogP contribution in [0.4, 0.5) is 0 Å². The van der Waals surface area contributed by atoms with Gasteiger partial charge >= 0.3 is 17.9 Å². The van der Waals surface area contributed by atoms with Crippen LogP contribution in [0.25, 0.3) is 0 Å². The standard InChI is InChI=1S/C21H32O9/c1-19(2,13-9-25-13)28-16(22)7-12(18(24)30-21(5,6)15-11-27-15)8-17(23)29-20(3,4)14-10-26-14/h12-15H,7-11H2,1-6H3. The summed E-state index contributed by atoms with van der Waals surface area (Å²) in [5, 5.41) is 0. The lowest BCUT2D eigenvalue weighted by Crippen LogP contribution is -2.40. The molecule has 9 heteroatoms. The van der Waals surface area contributed by atoms with Gasteiger partial charge in [0.15, 0.2) is 0 Å². The molecular formula is C21H32O9. The van der Waals surface area contributed by atoms with Gasteiger partial charge in [0.1, 0.15) is 35.1 Å². The van der Waals surface area contributed by atoms with E-state index in [9.17, 15) is 14.4 Å². The van der Waals surface area contributed by atoms with E-state index < -0.39 is 40.6 Å². The molecular weight excluding hydrogens is 396 g/mol. The second kappa shape index (κ2) is 8.09. The van der Waals surface area contributed by atoms with Crippen molar-refractivity contribution in [2.45, 2.75) is 89.5 Å². The molecule has 9 nitrogen and oxygen atoms in total. The van der Waals surface area contributed by atoms with Gasteiger partial charge in [0.25, 0.3) is 0 Å². The van der Waals surface area contributed by atoms with E-state index in [0.717, 1.165) is 0 Å². The maximum atomic E-state index is 12.8. The fourth-order valence-corrected chi connectivity index (χ4v) is 3.20. The lowest BCUT2D eigenvalue weighted by atomic mass is 9.99. The van der Waals surface area contributed by atoms with E-state index in [1.807, 2.05) is 0 Å². The molecule has 3 aliphatic heterocycles. The Balaban J connectivity index is 1.62. The minimum Gasteiger partial charge on any atom is -0.457 e. The fourth-order valence-electron chi connectivity index (χ4n) is 3.20. The third-order valence-electron chi connectivity index (χ3n) is 5.60. The van der Waals surface area contributed by atoms with Crippen LogP contribution in [0.2, 0.25) is 0 Å². The van der Waals surface area contributed by atoms with Crippen LogP contribution in [0.3, 0.4) is 0 Å². The third kappa shape index (κ3) is 6.15. The summed E-state index contributed by atoms with van der Waals surface area (Å²) in [4.78, 5) is 37.9. The summed E-state index contributed by atoms with van der Waals surface area (Å²) in [6, 6.07) is 0. The number of ether oxygens (including phenoxy) is 6. The van der Waals surface area contributed by atoms with Gasteiger partial charge in [-0.2, -0.15) is 0 Å². The summed E-state index contributed by atoms with van der Waals surface area (Å²) in [6.45, 7) is 12.0. The molecule has 3 fully saturated rings. The molecule has 3 saturated heterocycles. The van der Waals surface area contributed by atoms with Gasteiger partial charge in [0, 0.05) is 0 Å². The van der Waals surface area contributed by atoms with Gasteiger partial charge in [0.05, 0.1) is 38.6 Å². The summed E-state index contributed by atoms with van der Waals surface area (Å²) in [5.41, 5.74) is -2.47. The first-order valence-corrected chi connectivity index (χ1v) is 10.3. The molecule has 0 aromatic rings. The summed E-state index contributed by atoms with van der Waals surface area (Å²) < 4.78 is 32.2. The highest BCUT2D eigenvalue weighted by molar-refractivity contribution is 5.85. The Morgan fingerprint density at radius 2 is 1.00 bits per heavy atom. The van der Waals surface area contributed by atoms with Gasteiger partial charge in [-0.15, -0.1) is 0 Å². The maximum absolute atomic E-state index is 12.8. The second-order valence-corrected chi connectivity index (χ2v) is 9.75. The van der Waals surface area contributed by atoms with Gasteiger partial charge < -0.3 is 28.4 Å². The van der Waals surface area contributed by atoms with E-state index in [2.05, 4.69) is 0 Å². The number of epoxide rings is 3. The van der Waals surface area contributed by atoms with E-state index >= 15 is 0 Å². The molecule has 0 aromatic heterocycles. The highest BCUT2D eigenvalue weighted by atomic mass is 16.6. The monoisotopic (exact) mass is 428 g/mol. The molecule has 3 aliphatic rings. The molecule has 0 aromatic carbocycles. The average Bonchev–Trinajstić information content (AvgIpc) is 3.49. The summed E-state index contributed by atoms with van der Waals surface area (Å²) >= 11 is 0. The molecule has 170 valence electrons. The summed E-state index contributed by atoms with van der Waals surface area (Å²) in [6.07, 6.45) is -1.12. The van der Waals surface area contributed by atoms with Crippen molar-refractivity contribution >= 4 is 17.9 Å². The highest BCUT2D eigenvalue weighted by Crippen LogP contribution is 2.32. The molecule has 30 heavy (non-hydrogen) atoms. The van der Waals surface area contributed by atoms with Crippen molar-refractivity contribution in [3.05, 3.63) is 0 Å². The van der Waals surface area contributed by atoms with Gasteiger partial charge in [-0.25, -0.2) is 0 Å². The van der Waals surface area contributed by atoms with Crippen LogP contribution in [0.15, 0.2) is 0 Å². The zero-order chi connectivity index (χ0) is 22.3. The van der Waals surface area contributed by atoms with Crippen LogP contribution < -0.4 is 0 Å². The Kier molecular flexibility index (Phi) is 6.19. The van der Waals surface area contributed by atoms with Crippen molar-refractivity contribution in [3.63, 3.8) is 0 Å². The zero-order valence-corrected chi connectivity index (χ0v) is 18.5. The molecule has 0 amide bonds. The van der Waals surface area contributed by atoms with Crippen LogP contribution in [0, 0.1) is 5.92 Å². The number of carbonyl (C=O) groups is 3. The molecule has 3 unspecified atom stereocenters. The van der Waals surface area contributed by atoms with Crippen molar-refractivity contribution in [3.8, 4) is 0 Å². The number of carbonyl (C=O) groups excluding carboxylic acids is 3. The Morgan fingerprint density at radius 3 is 1.30 bits per heavy atom. The highest BCUT2D eigenvalue weighted by Gasteiger charge is 2.47. The topological polar surface area (TPSA) is 116 Å². The second-order valence-electron chi connectivity index (χ2n) is 9.75. The quantitative estimate of drug-likeness (QED) is 0.274. The van der Waals surface area contributed by atoms with Gasteiger partial charge in [-0.3, -0.25) is 14.4 Å². The summed E-state index contributed by atoms with van der Waals surface area (Å²) in [7, 11) is 0. The molecule has 0 bridgehead atoms. The van der Waals surface area contributed by atoms with Crippen LogP contribution in [0.1, 0.15) is 54.4 Å². The van der Waals surface area contributed by atoms with E-state index in [0.29, 0.717) is 19.8 Å². The van der Waals surface area contributed by atoms with E-state index in [1.54, 1.807) is 41.5 Å². The maximum Gasteiger partial charge on any atom is 0.310 e. The first-order valence-electron chi connectivity index (χ1n) is 10.3. The zero-order valence-electron chi connectivity index (χ0n) is 18.5. The minimum absolute atomic E-state index is 0.165. The Bertz CT molecular complexity index is 645. The predicted molar refractivity (Wildman–Crippen MR) is 102 cm³/mol. The smallest absolute Gasteiger partial charge is 0.310 e. The fraction of sp³-hybridized carbons (Fsp3) is 0.857. The largest absolute Gasteiger partial charge is 0.457 e. The molecule has 0 spiro atoms. The summed E-state index contributed by atoms with van der Waals surface area (Å²) in [5.74, 6) is -2.90.